The number of hydrogen-bond donors (Lipinski definition) is 1. The van der Waals surface area contributed by atoms with Crippen LogP contribution in [0.25, 0.3) is 0 Å². The normalized spacial score (nSPS) is 11.1. The fourth-order valence-corrected chi connectivity index (χ4v) is 2.13. The molecule has 0 bridgehead atoms. The van der Waals surface area contributed by atoms with E-state index in [9.17, 15) is 0 Å². The Morgan fingerprint density at radius 3 is 2.68 bits per heavy atom. The number of aromatic nitrogens is 1. The topological polar surface area (TPSA) is 37.4 Å². The van der Waals surface area contributed by atoms with Gasteiger partial charge in [0.25, 0.3) is 0 Å². The first kappa shape index (κ1) is 15.9. The molecule has 0 aromatic carbocycles. The SMILES string of the molecule is CNCc1cc(C)nc(N(CCOC)CC(C)C)c1. The molecule has 0 amide bonds. The Bertz CT molecular complexity index is 380. The highest BCUT2D eigenvalue weighted by Crippen LogP contribution is 2.16. The number of aryl methyl sites for hydroxylation is 1. The first-order valence-corrected chi connectivity index (χ1v) is 6.92. The van der Waals surface area contributed by atoms with Gasteiger partial charge in [-0.25, -0.2) is 4.98 Å². The number of methoxy groups -OCH3 is 1. The Hall–Kier alpha value is -1.13. The van der Waals surface area contributed by atoms with Crippen LogP contribution >= 0.6 is 0 Å². The molecule has 0 fully saturated rings. The second-order valence-corrected chi connectivity index (χ2v) is 5.34. The van der Waals surface area contributed by atoms with Gasteiger partial charge in [0.15, 0.2) is 0 Å². The molecule has 0 radical (unpaired) electrons. The largest absolute Gasteiger partial charge is 0.383 e. The number of hydrogen-bond acceptors (Lipinski definition) is 4. The minimum Gasteiger partial charge on any atom is -0.383 e. The van der Waals surface area contributed by atoms with Crippen LogP contribution in [-0.4, -0.2) is 38.8 Å². The van der Waals surface area contributed by atoms with Crippen LogP contribution in [0.1, 0.15) is 25.1 Å². The number of pyridine rings is 1. The van der Waals surface area contributed by atoms with Crippen LogP contribution in [0.3, 0.4) is 0 Å². The van der Waals surface area contributed by atoms with Gasteiger partial charge in [-0.1, -0.05) is 13.8 Å². The summed E-state index contributed by atoms with van der Waals surface area (Å²) in [5.41, 5.74) is 2.34. The highest BCUT2D eigenvalue weighted by atomic mass is 16.5. The zero-order valence-corrected chi connectivity index (χ0v) is 12.9. The van der Waals surface area contributed by atoms with E-state index in [2.05, 4.69) is 41.2 Å². The van der Waals surface area contributed by atoms with Crippen molar-refractivity contribution < 1.29 is 4.74 Å². The van der Waals surface area contributed by atoms with E-state index in [4.69, 9.17) is 4.74 Å². The molecule has 1 rings (SSSR count). The van der Waals surface area contributed by atoms with Crippen molar-refractivity contribution in [3.63, 3.8) is 0 Å². The molecule has 0 aliphatic carbocycles. The van der Waals surface area contributed by atoms with Gasteiger partial charge in [0.1, 0.15) is 5.82 Å². The zero-order valence-electron chi connectivity index (χ0n) is 12.9. The van der Waals surface area contributed by atoms with E-state index in [-0.39, 0.29) is 0 Å². The summed E-state index contributed by atoms with van der Waals surface area (Å²) in [5, 5.41) is 3.19. The van der Waals surface area contributed by atoms with E-state index in [1.807, 2.05) is 14.0 Å². The van der Waals surface area contributed by atoms with E-state index in [0.29, 0.717) is 5.92 Å². The van der Waals surface area contributed by atoms with Crippen molar-refractivity contribution in [2.45, 2.75) is 27.3 Å². The van der Waals surface area contributed by atoms with Gasteiger partial charge < -0.3 is 15.0 Å². The van der Waals surface area contributed by atoms with Gasteiger partial charge >= 0.3 is 0 Å². The lowest BCUT2D eigenvalue weighted by Gasteiger charge is -2.26. The number of nitrogens with zero attached hydrogens (tertiary/aromatic N) is 2. The van der Waals surface area contributed by atoms with Crippen molar-refractivity contribution in [2.24, 2.45) is 5.92 Å². The van der Waals surface area contributed by atoms with Crippen molar-refractivity contribution >= 4 is 5.82 Å². The lowest BCUT2D eigenvalue weighted by molar-refractivity contribution is 0.204. The summed E-state index contributed by atoms with van der Waals surface area (Å²) in [6.45, 7) is 9.98. The summed E-state index contributed by atoms with van der Waals surface area (Å²) < 4.78 is 5.20. The van der Waals surface area contributed by atoms with Crippen molar-refractivity contribution in [1.29, 1.82) is 0 Å². The molecular formula is C15H27N3O. The van der Waals surface area contributed by atoms with Crippen molar-refractivity contribution in [1.82, 2.24) is 10.3 Å². The van der Waals surface area contributed by atoms with Gasteiger partial charge in [-0.15, -0.1) is 0 Å². The highest BCUT2D eigenvalue weighted by Gasteiger charge is 2.11. The van der Waals surface area contributed by atoms with Crippen LogP contribution < -0.4 is 10.2 Å². The molecule has 0 unspecified atom stereocenters. The van der Waals surface area contributed by atoms with E-state index in [1.165, 1.54) is 5.56 Å². The van der Waals surface area contributed by atoms with Crippen LogP contribution in [0.2, 0.25) is 0 Å². The first-order valence-electron chi connectivity index (χ1n) is 6.92. The van der Waals surface area contributed by atoms with Gasteiger partial charge in [-0.2, -0.15) is 0 Å². The third kappa shape index (κ3) is 5.57. The van der Waals surface area contributed by atoms with Gasteiger partial charge in [0, 0.05) is 32.4 Å². The standard InChI is InChI=1S/C15H27N3O/c1-12(2)11-18(6-7-19-5)15-9-14(10-16-4)8-13(3)17-15/h8-9,12,16H,6-7,10-11H2,1-5H3. The second-order valence-electron chi connectivity index (χ2n) is 5.34. The van der Waals surface area contributed by atoms with Gasteiger partial charge in [0.2, 0.25) is 0 Å². The molecule has 0 saturated heterocycles. The molecule has 108 valence electrons. The summed E-state index contributed by atoms with van der Waals surface area (Å²) in [6.07, 6.45) is 0. The molecule has 1 aromatic heterocycles. The van der Waals surface area contributed by atoms with Gasteiger partial charge in [-0.3, -0.25) is 0 Å². The molecule has 4 heteroatoms. The van der Waals surface area contributed by atoms with E-state index < -0.39 is 0 Å². The third-order valence-corrected chi connectivity index (χ3v) is 2.86. The quantitative estimate of drug-likeness (QED) is 0.782. The Labute approximate surface area is 117 Å². The number of anilines is 1. The smallest absolute Gasteiger partial charge is 0.129 e. The Morgan fingerprint density at radius 1 is 1.37 bits per heavy atom. The number of rotatable bonds is 8. The summed E-state index contributed by atoms with van der Waals surface area (Å²) in [6, 6.07) is 4.30. The van der Waals surface area contributed by atoms with E-state index in [1.54, 1.807) is 7.11 Å². The first-order chi connectivity index (χ1) is 9.06. The minimum absolute atomic E-state index is 0.604. The zero-order chi connectivity index (χ0) is 14.3. The maximum Gasteiger partial charge on any atom is 0.129 e. The van der Waals surface area contributed by atoms with E-state index >= 15 is 0 Å². The number of nitrogens with one attached hydrogen (secondary N) is 1. The molecule has 0 spiro atoms. The maximum atomic E-state index is 5.20. The monoisotopic (exact) mass is 265 g/mol. The molecule has 0 saturated carbocycles. The lowest BCUT2D eigenvalue weighted by atomic mass is 10.2. The van der Waals surface area contributed by atoms with Gasteiger partial charge in [0.05, 0.1) is 6.61 Å². The molecule has 1 heterocycles. The average Bonchev–Trinajstić information content (AvgIpc) is 2.33. The summed E-state index contributed by atoms with van der Waals surface area (Å²) in [7, 11) is 3.70. The van der Waals surface area contributed by atoms with E-state index in [0.717, 1.165) is 37.8 Å². The molecule has 0 aliphatic heterocycles. The predicted molar refractivity (Wildman–Crippen MR) is 80.7 cm³/mol. The number of ether oxygens (including phenoxy) is 1. The van der Waals surface area contributed by atoms with Crippen LogP contribution in [0.5, 0.6) is 0 Å². The maximum absolute atomic E-state index is 5.20. The summed E-state index contributed by atoms with van der Waals surface area (Å²) in [5.74, 6) is 1.66. The van der Waals surface area contributed by atoms with Crippen molar-refractivity contribution in [3.05, 3.63) is 23.4 Å². The molecule has 1 N–H and O–H groups in total. The predicted octanol–water partition coefficient (Wildman–Crippen LogP) is 2.22. The molecule has 1 aromatic rings. The van der Waals surface area contributed by atoms with Crippen LogP contribution in [0.15, 0.2) is 12.1 Å². The molecule has 0 aliphatic rings. The molecule has 19 heavy (non-hydrogen) atoms. The minimum atomic E-state index is 0.604. The summed E-state index contributed by atoms with van der Waals surface area (Å²) >= 11 is 0. The van der Waals surface area contributed by atoms with Crippen molar-refractivity contribution in [3.8, 4) is 0 Å². The van der Waals surface area contributed by atoms with Crippen LogP contribution in [0.4, 0.5) is 5.82 Å². The Kier molecular flexibility index (Phi) is 6.81. The Morgan fingerprint density at radius 2 is 2.11 bits per heavy atom. The lowest BCUT2D eigenvalue weighted by Crippen LogP contribution is -2.32. The highest BCUT2D eigenvalue weighted by molar-refractivity contribution is 5.42. The Balaban J connectivity index is 2.92. The molecule has 0 atom stereocenters. The van der Waals surface area contributed by atoms with Crippen molar-refractivity contribution in [2.75, 3.05) is 38.8 Å². The summed E-state index contributed by atoms with van der Waals surface area (Å²) in [4.78, 5) is 6.97. The van der Waals surface area contributed by atoms with Crippen LogP contribution in [0, 0.1) is 12.8 Å². The average molecular weight is 265 g/mol. The fourth-order valence-electron chi connectivity index (χ4n) is 2.13. The molecule has 4 nitrogen and oxygen atoms in total. The fraction of sp³-hybridized carbons (Fsp3) is 0.667. The molecular weight excluding hydrogens is 238 g/mol. The van der Waals surface area contributed by atoms with Gasteiger partial charge in [-0.05, 0) is 37.6 Å². The third-order valence-electron chi connectivity index (χ3n) is 2.86. The second kappa shape index (κ2) is 8.12. The van der Waals surface area contributed by atoms with Crippen LogP contribution in [-0.2, 0) is 11.3 Å².